The normalized spacial score (nSPS) is 10.7. The van der Waals surface area contributed by atoms with Crippen molar-refractivity contribution in [1.82, 2.24) is 15.0 Å². The van der Waals surface area contributed by atoms with Gasteiger partial charge in [-0.05, 0) is 49.4 Å². The Labute approximate surface area is 152 Å². The average molecular weight is 404 g/mol. The van der Waals surface area contributed by atoms with Gasteiger partial charge in [-0.1, -0.05) is 21.1 Å². The fourth-order valence-corrected chi connectivity index (χ4v) is 2.79. The molecule has 0 atom stereocenters. The predicted octanol–water partition coefficient (Wildman–Crippen LogP) is 4.22. The van der Waals surface area contributed by atoms with Crippen LogP contribution in [-0.2, 0) is 6.54 Å². The van der Waals surface area contributed by atoms with Crippen LogP contribution < -0.4 is 0 Å². The van der Waals surface area contributed by atoms with E-state index < -0.39 is 0 Å². The largest absolute Gasteiger partial charge is 0.337 e. The molecule has 0 aliphatic heterocycles. The summed E-state index contributed by atoms with van der Waals surface area (Å²) in [7, 11) is 1.64. The summed E-state index contributed by atoms with van der Waals surface area (Å²) >= 11 is 3.31. The summed E-state index contributed by atoms with van der Waals surface area (Å²) in [5.74, 6) is 0.407. The van der Waals surface area contributed by atoms with Gasteiger partial charge >= 0.3 is 0 Å². The Morgan fingerprint density at radius 2 is 1.96 bits per heavy atom. The zero-order valence-electron chi connectivity index (χ0n) is 13.7. The number of rotatable bonds is 4. The van der Waals surface area contributed by atoms with Crippen molar-refractivity contribution in [2.24, 2.45) is 0 Å². The maximum absolute atomic E-state index is 13.9. The van der Waals surface area contributed by atoms with Crippen LogP contribution >= 0.6 is 15.9 Å². The fourth-order valence-electron chi connectivity index (χ4n) is 2.38. The summed E-state index contributed by atoms with van der Waals surface area (Å²) in [6.45, 7) is 1.91. The summed E-state index contributed by atoms with van der Waals surface area (Å²) in [4.78, 5) is 18.2. The molecule has 0 unspecified atom stereocenters. The predicted molar refractivity (Wildman–Crippen MR) is 94.4 cm³/mol. The van der Waals surface area contributed by atoms with Crippen LogP contribution in [0.2, 0.25) is 0 Å². The van der Waals surface area contributed by atoms with E-state index in [1.807, 2.05) is 0 Å². The molecule has 0 aliphatic rings. The minimum absolute atomic E-state index is 0.175. The van der Waals surface area contributed by atoms with Crippen LogP contribution in [0, 0.1) is 12.7 Å². The summed E-state index contributed by atoms with van der Waals surface area (Å²) in [5, 5.41) is 3.74. The van der Waals surface area contributed by atoms with Gasteiger partial charge in [-0.2, -0.15) is 4.98 Å². The van der Waals surface area contributed by atoms with Crippen molar-refractivity contribution in [3.63, 3.8) is 0 Å². The number of hydrogen-bond acceptors (Lipinski definition) is 4. The molecule has 0 saturated heterocycles. The highest BCUT2D eigenvalue weighted by Crippen LogP contribution is 2.20. The molecule has 128 valence electrons. The first kappa shape index (κ1) is 17.3. The number of halogens is 2. The highest BCUT2D eigenvalue weighted by molar-refractivity contribution is 9.10. The molecule has 1 heterocycles. The molecule has 0 bridgehead atoms. The van der Waals surface area contributed by atoms with E-state index in [1.54, 1.807) is 50.4 Å². The first-order chi connectivity index (χ1) is 11.9. The van der Waals surface area contributed by atoms with E-state index in [2.05, 4.69) is 26.1 Å². The second kappa shape index (κ2) is 7.14. The Kier molecular flexibility index (Phi) is 4.94. The zero-order chi connectivity index (χ0) is 18.0. The lowest BCUT2D eigenvalue weighted by atomic mass is 10.1. The lowest BCUT2D eigenvalue weighted by molar-refractivity contribution is 0.0784. The van der Waals surface area contributed by atoms with Gasteiger partial charge < -0.3 is 9.42 Å². The Bertz CT molecular complexity index is 909. The van der Waals surface area contributed by atoms with Crippen LogP contribution in [0.25, 0.3) is 11.5 Å². The number of amides is 1. The topological polar surface area (TPSA) is 59.2 Å². The van der Waals surface area contributed by atoms with Crippen LogP contribution in [0.5, 0.6) is 0 Å². The molecule has 0 aliphatic carbocycles. The van der Waals surface area contributed by atoms with Crippen molar-refractivity contribution in [1.29, 1.82) is 0 Å². The van der Waals surface area contributed by atoms with Crippen LogP contribution in [0.4, 0.5) is 4.39 Å². The molecular formula is C18H15BrFN3O2. The van der Waals surface area contributed by atoms with Gasteiger partial charge in [0.2, 0.25) is 0 Å². The highest BCUT2D eigenvalue weighted by atomic mass is 79.9. The fraction of sp³-hybridized carbons (Fsp3) is 0.167. The Balaban J connectivity index is 1.74. The second-order valence-corrected chi connectivity index (χ2v) is 6.54. The van der Waals surface area contributed by atoms with E-state index >= 15 is 0 Å². The van der Waals surface area contributed by atoms with E-state index in [4.69, 9.17) is 4.52 Å². The van der Waals surface area contributed by atoms with Crippen LogP contribution in [0.1, 0.15) is 21.7 Å². The molecule has 1 amide bonds. The van der Waals surface area contributed by atoms with Crippen molar-refractivity contribution in [2.45, 2.75) is 13.5 Å². The minimum atomic E-state index is -0.343. The quantitative estimate of drug-likeness (QED) is 0.654. The molecule has 7 heteroatoms. The smallest absolute Gasteiger partial charge is 0.257 e. The molecular weight excluding hydrogens is 389 g/mol. The summed E-state index contributed by atoms with van der Waals surface area (Å²) in [5.41, 5.74) is 1.68. The first-order valence-electron chi connectivity index (χ1n) is 7.54. The van der Waals surface area contributed by atoms with E-state index in [1.165, 1.54) is 11.0 Å². The van der Waals surface area contributed by atoms with E-state index in [0.717, 1.165) is 10.0 Å². The van der Waals surface area contributed by atoms with Crippen LogP contribution in [0.15, 0.2) is 51.5 Å². The van der Waals surface area contributed by atoms with Gasteiger partial charge in [0, 0.05) is 34.8 Å². The SMILES string of the molecule is Cc1noc(-c2ccc(C(=O)N(C)Cc3cc(Br)ccc3F)cc2)n1. The maximum Gasteiger partial charge on any atom is 0.257 e. The van der Waals surface area contributed by atoms with Crippen LogP contribution in [0.3, 0.4) is 0 Å². The maximum atomic E-state index is 13.9. The molecule has 3 aromatic rings. The van der Waals surface area contributed by atoms with Gasteiger partial charge in [0.15, 0.2) is 5.82 Å². The first-order valence-corrected chi connectivity index (χ1v) is 8.33. The van der Waals surface area contributed by atoms with E-state index in [-0.39, 0.29) is 18.3 Å². The van der Waals surface area contributed by atoms with Gasteiger partial charge in [0.05, 0.1) is 0 Å². The lowest BCUT2D eigenvalue weighted by Crippen LogP contribution is -2.26. The molecule has 0 fully saturated rings. The zero-order valence-corrected chi connectivity index (χ0v) is 15.2. The lowest BCUT2D eigenvalue weighted by Gasteiger charge is -2.18. The Morgan fingerprint density at radius 1 is 1.24 bits per heavy atom. The Morgan fingerprint density at radius 3 is 2.60 bits per heavy atom. The number of carbonyl (C=O) groups is 1. The van der Waals surface area contributed by atoms with Crippen molar-refractivity contribution in [3.05, 3.63) is 69.7 Å². The third kappa shape index (κ3) is 3.93. The van der Waals surface area contributed by atoms with Crippen LogP contribution in [-0.4, -0.2) is 28.0 Å². The number of nitrogens with zero attached hydrogens (tertiary/aromatic N) is 3. The van der Waals surface area contributed by atoms with Gasteiger partial charge in [0.1, 0.15) is 5.82 Å². The van der Waals surface area contributed by atoms with E-state index in [9.17, 15) is 9.18 Å². The van der Waals surface area contributed by atoms with Crippen molar-refractivity contribution >= 4 is 21.8 Å². The molecule has 3 rings (SSSR count). The molecule has 0 radical (unpaired) electrons. The monoisotopic (exact) mass is 403 g/mol. The van der Waals surface area contributed by atoms with Gasteiger partial charge in [-0.25, -0.2) is 4.39 Å². The molecule has 0 saturated carbocycles. The summed E-state index contributed by atoms with van der Waals surface area (Å²) in [6.07, 6.45) is 0. The number of hydrogen-bond donors (Lipinski definition) is 0. The summed E-state index contributed by atoms with van der Waals surface area (Å²) in [6, 6.07) is 11.5. The molecule has 5 nitrogen and oxygen atoms in total. The molecule has 25 heavy (non-hydrogen) atoms. The highest BCUT2D eigenvalue weighted by Gasteiger charge is 2.15. The van der Waals surface area contributed by atoms with Crippen molar-refractivity contribution < 1.29 is 13.7 Å². The number of benzene rings is 2. The van der Waals surface area contributed by atoms with Gasteiger partial charge in [0.25, 0.3) is 11.8 Å². The standard InChI is InChI=1S/C18H15BrFN3O2/c1-11-21-17(25-22-11)12-3-5-13(6-4-12)18(24)23(2)10-14-9-15(19)7-8-16(14)20/h3-9H,10H2,1-2H3. The van der Waals surface area contributed by atoms with Gasteiger partial charge in [-0.3, -0.25) is 4.79 Å². The molecule has 0 N–H and O–H groups in total. The summed E-state index contributed by atoms with van der Waals surface area (Å²) < 4.78 is 19.7. The van der Waals surface area contributed by atoms with Crippen molar-refractivity contribution in [3.8, 4) is 11.5 Å². The average Bonchev–Trinajstić information content (AvgIpc) is 3.04. The molecule has 2 aromatic carbocycles. The molecule has 1 aromatic heterocycles. The van der Waals surface area contributed by atoms with Crippen molar-refractivity contribution in [2.75, 3.05) is 7.05 Å². The second-order valence-electron chi connectivity index (χ2n) is 5.62. The third-order valence-corrected chi connectivity index (χ3v) is 4.16. The number of aryl methyl sites for hydroxylation is 1. The third-order valence-electron chi connectivity index (χ3n) is 3.67. The number of aromatic nitrogens is 2. The molecule has 0 spiro atoms. The Hall–Kier alpha value is -2.54. The van der Waals surface area contributed by atoms with Gasteiger partial charge in [-0.15, -0.1) is 0 Å². The minimum Gasteiger partial charge on any atom is -0.337 e. The number of carbonyl (C=O) groups excluding carboxylic acids is 1. The van der Waals surface area contributed by atoms with E-state index in [0.29, 0.717) is 22.8 Å².